The highest BCUT2D eigenvalue weighted by molar-refractivity contribution is 6.30. The number of nitrogens with one attached hydrogen (secondary N) is 1. The van der Waals surface area contributed by atoms with Crippen LogP contribution >= 0.6 is 11.6 Å². The molecule has 0 bridgehead atoms. The van der Waals surface area contributed by atoms with Gasteiger partial charge in [-0.25, -0.2) is 0 Å². The van der Waals surface area contributed by atoms with E-state index < -0.39 is 0 Å². The van der Waals surface area contributed by atoms with Gasteiger partial charge in [-0.05, 0) is 11.6 Å². The number of aromatic nitrogens is 1. The molecule has 1 aliphatic carbocycles. The minimum absolute atomic E-state index is 0.796. The SMILES string of the molecule is ClC1=C(NCCN2CCOCC2)Cc2ncccc2C1. The summed E-state index contributed by atoms with van der Waals surface area (Å²) in [5.41, 5.74) is 3.52. The van der Waals surface area contributed by atoms with E-state index in [1.54, 1.807) is 0 Å². The van der Waals surface area contributed by atoms with E-state index >= 15 is 0 Å². The molecule has 108 valence electrons. The molecule has 4 nitrogen and oxygen atoms in total. The predicted molar refractivity (Wildman–Crippen MR) is 79.8 cm³/mol. The van der Waals surface area contributed by atoms with Gasteiger partial charge in [-0.15, -0.1) is 0 Å². The molecule has 1 aromatic rings. The molecule has 0 amide bonds. The van der Waals surface area contributed by atoms with Crippen LogP contribution < -0.4 is 5.32 Å². The van der Waals surface area contributed by atoms with Crippen LogP contribution in [0.15, 0.2) is 29.1 Å². The minimum atomic E-state index is 0.796. The van der Waals surface area contributed by atoms with Crippen LogP contribution in [0.25, 0.3) is 0 Å². The number of pyridine rings is 1. The topological polar surface area (TPSA) is 37.4 Å². The molecule has 0 spiro atoms. The van der Waals surface area contributed by atoms with Crippen molar-refractivity contribution in [3.63, 3.8) is 0 Å². The van der Waals surface area contributed by atoms with E-state index in [1.165, 1.54) is 5.56 Å². The van der Waals surface area contributed by atoms with Crippen molar-refractivity contribution in [1.82, 2.24) is 15.2 Å². The smallest absolute Gasteiger partial charge is 0.0594 e. The molecule has 5 heteroatoms. The molecule has 0 radical (unpaired) electrons. The second-order valence-corrected chi connectivity index (χ2v) is 5.68. The van der Waals surface area contributed by atoms with Crippen LogP contribution in [-0.2, 0) is 17.6 Å². The Morgan fingerprint density at radius 3 is 3.00 bits per heavy atom. The van der Waals surface area contributed by atoms with Crippen LogP contribution in [-0.4, -0.2) is 49.3 Å². The molecule has 2 heterocycles. The summed E-state index contributed by atoms with van der Waals surface area (Å²) in [6, 6.07) is 4.08. The summed E-state index contributed by atoms with van der Waals surface area (Å²) in [7, 11) is 0. The average molecular weight is 294 g/mol. The van der Waals surface area contributed by atoms with Gasteiger partial charge in [0.25, 0.3) is 0 Å². The zero-order valence-electron chi connectivity index (χ0n) is 11.6. The lowest BCUT2D eigenvalue weighted by Gasteiger charge is -2.27. The van der Waals surface area contributed by atoms with Gasteiger partial charge in [-0.2, -0.15) is 0 Å². The maximum atomic E-state index is 6.39. The van der Waals surface area contributed by atoms with Gasteiger partial charge >= 0.3 is 0 Å². The van der Waals surface area contributed by atoms with Crippen molar-refractivity contribution in [2.45, 2.75) is 12.8 Å². The van der Waals surface area contributed by atoms with Crippen LogP contribution in [0.2, 0.25) is 0 Å². The van der Waals surface area contributed by atoms with Crippen LogP contribution in [0, 0.1) is 0 Å². The highest BCUT2D eigenvalue weighted by atomic mass is 35.5. The fraction of sp³-hybridized carbons (Fsp3) is 0.533. The first-order chi connectivity index (χ1) is 9.83. The molecule has 1 aromatic heterocycles. The van der Waals surface area contributed by atoms with Crippen molar-refractivity contribution in [2.75, 3.05) is 39.4 Å². The van der Waals surface area contributed by atoms with Crippen LogP contribution in [0.4, 0.5) is 0 Å². The molecule has 0 aromatic carbocycles. The fourth-order valence-corrected chi connectivity index (χ4v) is 2.95. The third-order valence-electron chi connectivity index (χ3n) is 3.87. The highest BCUT2D eigenvalue weighted by Gasteiger charge is 2.17. The summed E-state index contributed by atoms with van der Waals surface area (Å²) < 4.78 is 5.35. The standard InChI is InChI=1S/C15H20ClN3O/c16-13-10-12-2-1-3-17-14(12)11-15(13)18-4-5-19-6-8-20-9-7-19/h1-3,18H,4-11H2. The number of rotatable bonds is 4. The Balaban J connectivity index is 1.52. The average Bonchev–Trinajstić information content (AvgIpc) is 2.49. The van der Waals surface area contributed by atoms with Gasteiger partial charge in [-0.1, -0.05) is 17.7 Å². The molecule has 0 atom stereocenters. The Kier molecular flexibility index (Phi) is 4.55. The third-order valence-corrected chi connectivity index (χ3v) is 4.23. The second kappa shape index (κ2) is 6.57. The Morgan fingerprint density at radius 1 is 1.30 bits per heavy atom. The van der Waals surface area contributed by atoms with E-state index in [0.717, 1.165) is 68.7 Å². The Morgan fingerprint density at radius 2 is 2.15 bits per heavy atom. The number of nitrogens with zero attached hydrogens (tertiary/aromatic N) is 2. The number of hydrogen-bond donors (Lipinski definition) is 1. The monoisotopic (exact) mass is 293 g/mol. The Hall–Kier alpha value is -1.10. The lowest BCUT2D eigenvalue weighted by molar-refractivity contribution is 0.0387. The van der Waals surface area contributed by atoms with Gasteiger partial charge in [0.1, 0.15) is 0 Å². The largest absolute Gasteiger partial charge is 0.386 e. The van der Waals surface area contributed by atoms with Crippen molar-refractivity contribution < 1.29 is 4.74 Å². The molecule has 0 saturated carbocycles. The minimum Gasteiger partial charge on any atom is -0.386 e. The van der Waals surface area contributed by atoms with Gasteiger partial charge in [-0.3, -0.25) is 9.88 Å². The van der Waals surface area contributed by atoms with E-state index in [2.05, 4.69) is 21.3 Å². The van der Waals surface area contributed by atoms with E-state index in [9.17, 15) is 0 Å². The van der Waals surface area contributed by atoms with Crippen LogP contribution in [0.5, 0.6) is 0 Å². The van der Waals surface area contributed by atoms with Crippen molar-refractivity contribution in [3.05, 3.63) is 40.3 Å². The van der Waals surface area contributed by atoms with Crippen LogP contribution in [0.1, 0.15) is 11.3 Å². The molecule has 1 aliphatic heterocycles. The normalized spacial score (nSPS) is 19.9. The maximum absolute atomic E-state index is 6.39. The third kappa shape index (κ3) is 3.32. The van der Waals surface area contributed by atoms with Gasteiger partial charge in [0.15, 0.2) is 0 Å². The van der Waals surface area contributed by atoms with Gasteiger partial charge < -0.3 is 10.1 Å². The van der Waals surface area contributed by atoms with Crippen LogP contribution in [0.3, 0.4) is 0 Å². The summed E-state index contributed by atoms with van der Waals surface area (Å²) >= 11 is 6.39. The first-order valence-electron chi connectivity index (χ1n) is 7.17. The molecule has 3 rings (SSSR count). The molecule has 2 aliphatic rings. The number of fused-ring (bicyclic) bond motifs is 1. The summed E-state index contributed by atoms with van der Waals surface area (Å²) in [4.78, 5) is 6.86. The lowest BCUT2D eigenvalue weighted by Crippen LogP contribution is -2.40. The van der Waals surface area contributed by atoms with Gasteiger partial charge in [0.2, 0.25) is 0 Å². The summed E-state index contributed by atoms with van der Waals surface area (Å²) in [6.07, 6.45) is 3.46. The zero-order chi connectivity index (χ0) is 13.8. The number of halogens is 1. The van der Waals surface area contributed by atoms with E-state index in [-0.39, 0.29) is 0 Å². The molecule has 0 unspecified atom stereocenters. The summed E-state index contributed by atoms with van der Waals surface area (Å²) in [5, 5.41) is 4.41. The first kappa shape index (κ1) is 13.9. The first-order valence-corrected chi connectivity index (χ1v) is 7.55. The number of morpholine rings is 1. The van der Waals surface area contributed by atoms with E-state index in [0.29, 0.717) is 0 Å². The van der Waals surface area contributed by atoms with E-state index in [1.807, 2.05) is 12.3 Å². The number of ether oxygens (including phenoxy) is 1. The zero-order valence-corrected chi connectivity index (χ0v) is 12.3. The maximum Gasteiger partial charge on any atom is 0.0594 e. The van der Waals surface area contributed by atoms with Crippen molar-refractivity contribution >= 4 is 11.6 Å². The van der Waals surface area contributed by atoms with Crippen molar-refractivity contribution in [1.29, 1.82) is 0 Å². The van der Waals surface area contributed by atoms with Crippen molar-refractivity contribution in [2.24, 2.45) is 0 Å². The second-order valence-electron chi connectivity index (χ2n) is 5.23. The highest BCUT2D eigenvalue weighted by Crippen LogP contribution is 2.25. The van der Waals surface area contributed by atoms with Gasteiger partial charge in [0, 0.05) is 61.6 Å². The molecular formula is C15H20ClN3O. The molecule has 20 heavy (non-hydrogen) atoms. The predicted octanol–water partition coefficient (Wildman–Crippen LogP) is 1.55. The quantitative estimate of drug-likeness (QED) is 0.914. The summed E-state index contributed by atoms with van der Waals surface area (Å²) in [6.45, 7) is 5.71. The fourth-order valence-electron chi connectivity index (χ4n) is 2.68. The number of hydrogen-bond acceptors (Lipinski definition) is 4. The number of allylic oxidation sites excluding steroid dienone is 2. The van der Waals surface area contributed by atoms with E-state index in [4.69, 9.17) is 16.3 Å². The Labute approximate surface area is 124 Å². The molecule has 1 fully saturated rings. The Bertz CT molecular complexity index is 498. The van der Waals surface area contributed by atoms with Gasteiger partial charge in [0.05, 0.1) is 13.2 Å². The summed E-state index contributed by atoms with van der Waals surface area (Å²) in [5.74, 6) is 0. The van der Waals surface area contributed by atoms with Crippen molar-refractivity contribution in [3.8, 4) is 0 Å². The molecule has 1 saturated heterocycles. The lowest BCUT2D eigenvalue weighted by atomic mass is 9.99. The molecular weight excluding hydrogens is 274 g/mol. The molecule has 1 N–H and O–H groups in total.